The fourth-order valence-corrected chi connectivity index (χ4v) is 1.94. The summed E-state index contributed by atoms with van der Waals surface area (Å²) in [6.07, 6.45) is 1.59. The van der Waals surface area contributed by atoms with Gasteiger partial charge in [0.1, 0.15) is 12.1 Å². The van der Waals surface area contributed by atoms with Gasteiger partial charge in [-0.1, -0.05) is 0 Å². The number of β-amino-alcohol motifs (C(OH)–C–C–N with tert-alkyl or cyclic N) is 1. The number of esters is 1. The smallest absolute Gasteiger partial charge is 0.323 e. The van der Waals surface area contributed by atoms with E-state index in [0.29, 0.717) is 26.2 Å². The van der Waals surface area contributed by atoms with Gasteiger partial charge < -0.3 is 19.9 Å². The first-order valence-electron chi connectivity index (χ1n) is 5.45. The minimum Gasteiger partial charge on any atom is -0.461 e. The third kappa shape index (κ3) is 2.90. The van der Waals surface area contributed by atoms with Crippen molar-refractivity contribution < 1.29 is 19.4 Å². The Morgan fingerprint density at radius 2 is 2.13 bits per heavy atom. The van der Waals surface area contributed by atoms with Crippen LogP contribution in [0.4, 0.5) is 0 Å². The van der Waals surface area contributed by atoms with Crippen LogP contribution in [0.1, 0.15) is 19.3 Å². The summed E-state index contributed by atoms with van der Waals surface area (Å²) >= 11 is 0. The molecule has 0 aromatic heterocycles. The zero-order valence-corrected chi connectivity index (χ0v) is 8.65. The van der Waals surface area contributed by atoms with Gasteiger partial charge in [-0.05, 0) is 0 Å². The van der Waals surface area contributed by atoms with Crippen LogP contribution in [0, 0.1) is 0 Å². The molecule has 0 amide bonds. The molecule has 0 aromatic carbocycles. The van der Waals surface area contributed by atoms with Crippen molar-refractivity contribution in [3.8, 4) is 0 Å². The molecule has 2 N–H and O–H groups in total. The van der Waals surface area contributed by atoms with Crippen LogP contribution in [0.2, 0.25) is 0 Å². The quantitative estimate of drug-likeness (QED) is 0.604. The molecular formula is C10H17NO4. The van der Waals surface area contributed by atoms with E-state index in [1.54, 1.807) is 0 Å². The van der Waals surface area contributed by atoms with Crippen LogP contribution in [-0.4, -0.2) is 49.1 Å². The van der Waals surface area contributed by atoms with E-state index in [2.05, 4.69) is 5.32 Å². The molecule has 0 bridgehead atoms. The third-order valence-corrected chi connectivity index (χ3v) is 2.84. The largest absolute Gasteiger partial charge is 0.461 e. The van der Waals surface area contributed by atoms with Crippen LogP contribution >= 0.6 is 0 Å². The van der Waals surface area contributed by atoms with Gasteiger partial charge in [-0.3, -0.25) is 4.79 Å². The Morgan fingerprint density at radius 1 is 1.40 bits per heavy atom. The Hall–Kier alpha value is -0.650. The molecule has 2 aliphatic rings. The molecule has 86 valence electrons. The van der Waals surface area contributed by atoms with Gasteiger partial charge in [0.15, 0.2) is 0 Å². The van der Waals surface area contributed by atoms with E-state index in [1.807, 2.05) is 0 Å². The van der Waals surface area contributed by atoms with Crippen molar-refractivity contribution in [3.63, 3.8) is 0 Å². The van der Waals surface area contributed by atoms with Crippen LogP contribution in [-0.2, 0) is 14.3 Å². The summed E-state index contributed by atoms with van der Waals surface area (Å²) in [4.78, 5) is 11.6. The molecule has 0 aliphatic carbocycles. The molecule has 2 rings (SSSR count). The van der Waals surface area contributed by atoms with Gasteiger partial charge in [-0.2, -0.15) is 0 Å². The molecule has 2 heterocycles. The van der Waals surface area contributed by atoms with Crippen LogP contribution in [0.3, 0.4) is 0 Å². The Bertz CT molecular complexity index is 227. The number of aliphatic hydroxyl groups excluding tert-OH is 1. The van der Waals surface area contributed by atoms with E-state index in [9.17, 15) is 9.90 Å². The predicted molar refractivity (Wildman–Crippen MR) is 52.3 cm³/mol. The minimum atomic E-state index is -0.419. The summed E-state index contributed by atoms with van der Waals surface area (Å²) in [5, 5.41) is 12.2. The predicted octanol–water partition coefficient (Wildman–Crippen LogP) is -0.569. The van der Waals surface area contributed by atoms with Crippen molar-refractivity contribution in [2.24, 2.45) is 0 Å². The number of rotatable bonds is 2. The Morgan fingerprint density at radius 3 is 2.73 bits per heavy atom. The highest BCUT2D eigenvalue weighted by atomic mass is 16.6. The summed E-state index contributed by atoms with van der Waals surface area (Å²) in [6.45, 7) is 1.81. The third-order valence-electron chi connectivity index (χ3n) is 2.84. The lowest BCUT2D eigenvalue weighted by atomic mass is 10.1. The zero-order chi connectivity index (χ0) is 10.7. The molecule has 2 fully saturated rings. The number of hydrogen-bond donors (Lipinski definition) is 2. The first kappa shape index (κ1) is 10.9. The van der Waals surface area contributed by atoms with Gasteiger partial charge in [0.25, 0.3) is 0 Å². The highest BCUT2D eigenvalue weighted by molar-refractivity contribution is 5.76. The Labute approximate surface area is 88.7 Å². The van der Waals surface area contributed by atoms with Crippen LogP contribution in [0.15, 0.2) is 0 Å². The molecule has 2 aliphatic heterocycles. The number of hydrogen-bond acceptors (Lipinski definition) is 5. The number of carbonyl (C=O) groups is 1. The van der Waals surface area contributed by atoms with Gasteiger partial charge in [0.2, 0.25) is 0 Å². The second-order valence-electron chi connectivity index (χ2n) is 4.10. The highest BCUT2D eigenvalue weighted by Gasteiger charge is 2.31. The van der Waals surface area contributed by atoms with Gasteiger partial charge in [0, 0.05) is 25.8 Å². The number of ether oxygens (including phenoxy) is 2. The monoisotopic (exact) mass is 215 g/mol. The van der Waals surface area contributed by atoms with Gasteiger partial charge in [0.05, 0.1) is 19.3 Å². The van der Waals surface area contributed by atoms with Gasteiger partial charge in [-0.15, -0.1) is 0 Å². The first-order chi connectivity index (χ1) is 7.25. The lowest BCUT2D eigenvalue weighted by molar-refractivity contribution is -0.155. The number of aliphatic hydroxyl groups is 1. The summed E-state index contributed by atoms with van der Waals surface area (Å²) in [7, 11) is 0. The Balaban J connectivity index is 1.76. The topological polar surface area (TPSA) is 67.8 Å². The SMILES string of the molecule is O=C(OC1CCOCC1)[C@@H]1C[C@@H](O)CN1. The maximum Gasteiger partial charge on any atom is 0.323 e. The molecule has 0 saturated carbocycles. The van der Waals surface area contributed by atoms with Crippen molar-refractivity contribution in [2.45, 2.75) is 37.5 Å². The van der Waals surface area contributed by atoms with E-state index < -0.39 is 6.10 Å². The van der Waals surface area contributed by atoms with Gasteiger partial charge >= 0.3 is 5.97 Å². The van der Waals surface area contributed by atoms with Crippen molar-refractivity contribution in [3.05, 3.63) is 0 Å². The fraction of sp³-hybridized carbons (Fsp3) is 0.900. The molecule has 0 radical (unpaired) electrons. The maximum atomic E-state index is 11.6. The zero-order valence-electron chi connectivity index (χ0n) is 8.65. The molecule has 2 saturated heterocycles. The lowest BCUT2D eigenvalue weighted by Gasteiger charge is -2.23. The van der Waals surface area contributed by atoms with Crippen molar-refractivity contribution in [1.29, 1.82) is 0 Å². The summed E-state index contributed by atoms with van der Waals surface area (Å²) in [6, 6.07) is -0.331. The average Bonchev–Trinajstić information content (AvgIpc) is 2.66. The summed E-state index contributed by atoms with van der Waals surface area (Å²) in [5.41, 5.74) is 0. The van der Waals surface area contributed by atoms with Crippen LogP contribution in [0.5, 0.6) is 0 Å². The molecule has 5 nitrogen and oxygen atoms in total. The second kappa shape index (κ2) is 4.92. The molecule has 0 unspecified atom stereocenters. The van der Waals surface area contributed by atoms with E-state index in [-0.39, 0.29) is 18.1 Å². The molecule has 0 aromatic rings. The number of carbonyl (C=O) groups excluding carboxylic acids is 1. The Kier molecular flexibility index (Phi) is 3.56. The summed E-state index contributed by atoms with van der Waals surface area (Å²) in [5.74, 6) is -0.238. The molecule has 2 atom stereocenters. The molecule has 5 heteroatoms. The minimum absolute atomic E-state index is 0.00853. The first-order valence-corrected chi connectivity index (χ1v) is 5.45. The van der Waals surface area contributed by atoms with E-state index in [1.165, 1.54) is 0 Å². The summed E-state index contributed by atoms with van der Waals surface area (Å²) < 4.78 is 10.5. The van der Waals surface area contributed by atoms with E-state index in [0.717, 1.165) is 12.8 Å². The fourth-order valence-electron chi connectivity index (χ4n) is 1.94. The molecule has 15 heavy (non-hydrogen) atoms. The van der Waals surface area contributed by atoms with E-state index in [4.69, 9.17) is 9.47 Å². The van der Waals surface area contributed by atoms with Crippen molar-refractivity contribution in [1.82, 2.24) is 5.32 Å². The highest BCUT2D eigenvalue weighted by Crippen LogP contribution is 2.14. The lowest BCUT2D eigenvalue weighted by Crippen LogP contribution is -2.36. The maximum absolute atomic E-state index is 11.6. The molecule has 0 spiro atoms. The standard InChI is InChI=1S/C10H17NO4/c12-7-5-9(11-6-7)10(13)15-8-1-3-14-4-2-8/h7-9,11-12H,1-6H2/t7-,9+/m1/s1. The second-order valence-corrected chi connectivity index (χ2v) is 4.10. The number of nitrogens with one attached hydrogen (secondary N) is 1. The van der Waals surface area contributed by atoms with Crippen LogP contribution in [0.25, 0.3) is 0 Å². The van der Waals surface area contributed by atoms with Gasteiger partial charge in [-0.25, -0.2) is 0 Å². The van der Waals surface area contributed by atoms with Crippen molar-refractivity contribution in [2.75, 3.05) is 19.8 Å². The average molecular weight is 215 g/mol. The van der Waals surface area contributed by atoms with Crippen molar-refractivity contribution >= 4 is 5.97 Å². The molecular weight excluding hydrogens is 198 g/mol. The van der Waals surface area contributed by atoms with Crippen LogP contribution < -0.4 is 5.32 Å². The normalized spacial score (nSPS) is 32.9. The van der Waals surface area contributed by atoms with E-state index >= 15 is 0 Å².